The van der Waals surface area contributed by atoms with Crippen molar-refractivity contribution in [1.29, 1.82) is 5.26 Å². The Kier molecular flexibility index (Phi) is 6.33. The lowest BCUT2D eigenvalue weighted by Gasteiger charge is -2.02. The van der Waals surface area contributed by atoms with Crippen molar-refractivity contribution in [2.24, 2.45) is 0 Å². The smallest absolute Gasteiger partial charge is 0.236 e. The number of hydrogen-bond acceptors (Lipinski definition) is 7. The van der Waals surface area contributed by atoms with Crippen LogP contribution in [0.5, 0.6) is 0 Å². The predicted octanol–water partition coefficient (Wildman–Crippen LogP) is 2.43. The van der Waals surface area contributed by atoms with Crippen LogP contribution in [0.3, 0.4) is 0 Å². The van der Waals surface area contributed by atoms with Gasteiger partial charge in [-0.05, 0) is 17.7 Å². The summed E-state index contributed by atoms with van der Waals surface area (Å²) in [5.41, 5.74) is 1.71. The number of nitrogens with zero attached hydrogens (tertiary/aromatic N) is 3. The van der Waals surface area contributed by atoms with E-state index in [2.05, 4.69) is 21.6 Å². The van der Waals surface area contributed by atoms with E-state index < -0.39 is 0 Å². The van der Waals surface area contributed by atoms with Crippen LogP contribution in [0.15, 0.2) is 24.3 Å². The first-order valence-electron chi connectivity index (χ1n) is 6.39. The van der Waals surface area contributed by atoms with Crippen molar-refractivity contribution in [3.05, 3.63) is 40.4 Å². The summed E-state index contributed by atoms with van der Waals surface area (Å²) in [7, 11) is 1.58. The molecule has 1 aromatic carbocycles. The number of nitriles is 1. The molecule has 0 bridgehead atoms. The maximum absolute atomic E-state index is 11.8. The molecule has 0 spiro atoms. The van der Waals surface area contributed by atoms with Crippen LogP contribution in [-0.4, -0.2) is 29.0 Å². The highest BCUT2D eigenvalue weighted by molar-refractivity contribution is 7.99. The molecule has 0 unspecified atom stereocenters. The average molecular weight is 334 g/mol. The topological polar surface area (TPSA) is 87.9 Å². The molecule has 0 saturated heterocycles. The second kappa shape index (κ2) is 8.48. The number of anilines is 1. The molecule has 0 aliphatic carbocycles. The van der Waals surface area contributed by atoms with Gasteiger partial charge >= 0.3 is 0 Å². The third-order valence-electron chi connectivity index (χ3n) is 2.57. The van der Waals surface area contributed by atoms with Gasteiger partial charge in [0, 0.05) is 12.9 Å². The normalized spacial score (nSPS) is 10.2. The van der Waals surface area contributed by atoms with Gasteiger partial charge in [-0.15, -0.1) is 22.0 Å². The van der Waals surface area contributed by atoms with Crippen LogP contribution in [0.25, 0.3) is 0 Å². The zero-order valence-corrected chi connectivity index (χ0v) is 13.5. The monoisotopic (exact) mass is 334 g/mol. The van der Waals surface area contributed by atoms with Crippen molar-refractivity contribution < 1.29 is 9.53 Å². The van der Waals surface area contributed by atoms with Gasteiger partial charge in [0.2, 0.25) is 11.0 Å². The molecular weight excluding hydrogens is 320 g/mol. The minimum Gasteiger partial charge on any atom is -0.377 e. The van der Waals surface area contributed by atoms with Crippen LogP contribution >= 0.6 is 23.1 Å². The molecular formula is C14H14N4O2S2. The predicted molar refractivity (Wildman–Crippen MR) is 86.6 cm³/mol. The average Bonchev–Trinajstić information content (AvgIpc) is 2.95. The van der Waals surface area contributed by atoms with Crippen molar-refractivity contribution in [1.82, 2.24) is 10.2 Å². The minimum absolute atomic E-state index is 0.112. The van der Waals surface area contributed by atoms with Gasteiger partial charge in [-0.3, -0.25) is 10.1 Å². The van der Waals surface area contributed by atoms with Crippen molar-refractivity contribution >= 4 is 34.1 Å². The number of nitrogens with one attached hydrogen (secondary N) is 1. The Labute approximate surface area is 136 Å². The Morgan fingerprint density at radius 2 is 2.18 bits per heavy atom. The first-order chi connectivity index (χ1) is 10.7. The molecule has 114 valence electrons. The summed E-state index contributed by atoms with van der Waals surface area (Å²) in [6.07, 6.45) is 0. The van der Waals surface area contributed by atoms with Crippen molar-refractivity contribution in [3.63, 3.8) is 0 Å². The molecule has 2 aromatic rings. The van der Waals surface area contributed by atoms with Gasteiger partial charge in [0.15, 0.2) is 0 Å². The van der Waals surface area contributed by atoms with Crippen LogP contribution < -0.4 is 5.32 Å². The van der Waals surface area contributed by atoms with Crippen molar-refractivity contribution in [2.75, 3.05) is 18.2 Å². The summed E-state index contributed by atoms with van der Waals surface area (Å²) in [6, 6.07) is 9.41. The van der Waals surface area contributed by atoms with E-state index in [9.17, 15) is 4.79 Å². The standard InChI is InChI=1S/C14H14N4O2S2/c1-20-7-13-17-18-14(22-13)16-12(19)9-21-8-11-4-2-10(6-15)3-5-11/h2-5H,7-9H2,1H3,(H,16,18,19). The fraction of sp³-hybridized carbons (Fsp3) is 0.286. The molecule has 22 heavy (non-hydrogen) atoms. The fourth-order valence-corrected chi connectivity index (χ4v) is 3.09. The van der Waals surface area contributed by atoms with Crippen LogP contribution in [0.2, 0.25) is 0 Å². The van der Waals surface area contributed by atoms with Gasteiger partial charge in [0.05, 0.1) is 17.4 Å². The Hall–Kier alpha value is -1.95. The highest BCUT2D eigenvalue weighted by Crippen LogP contribution is 2.17. The number of hydrogen-bond donors (Lipinski definition) is 1. The van der Waals surface area contributed by atoms with E-state index in [0.717, 1.165) is 10.6 Å². The molecule has 6 nitrogen and oxygen atoms in total. The zero-order chi connectivity index (χ0) is 15.8. The third-order valence-corrected chi connectivity index (χ3v) is 4.38. The van der Waals surface area contributed by atoms with E-state index in [1.165, 1.54) is 23.1 Å². The number of carbonyl (C=O) groups excluding carboxylic acids is 1. The first-order valence-corrected chi connectivity index (χ1v) is 8.36. The van der Waals surface area contributed by atoms with E-state index >= 15 is 0 Å². The van der Waals surface area contributed by atoms with Gasteiger partial charge in [0.1, 0.15) is 11.6 Å². The minimum atomic E-state index is -0.112. The number of amides is 1. The lowest BCUT2D eigenvalue weighted by atomic mass is 10.2. The second-order valence-electron chi connectivity index (χ2n) is 4.28. The highest BCUT2D eigenvalue weighted by atomic mass is 32.2. The maximum atomic E-state index is 11.8. The molecule has 0 saturated carbocycles. The Morgan fingerprint density at radius 3 is 2.86 bits per heavy atom. The Balaban J connectivity index is 1.73. The number of ether oxygens (including phenoxy) is 1. The van der Waals surface area contributed by atoms with E-state index in [1.807, 2.05) is 12.1 Å². The van der Waals surface area contributed by atoms with Crippen LogP contribution in [0, 0.1) is 11.3 Å². The van der Waals surface area contributed by atoms with Crippen molar-refractivity contribution in [2.45, 2.75) is 12.4 Å². The highest BCUT2D eigenvalue weighted by Gasteiger charge is 2.08. The number of thioether (sulfide) groups is 1. The Bertz CT molecular complexity index is 664. The van der Waals surface area contributed by atoms with Gasteiger partial charge in [-0.25, -0.2) is 0 Å². The number of carbonyl (C=O) groups is 1. The molecule has 0 radical (unpaired) electrons. The molecule has 1 amide bonds. The summed E-state index contributed by atoms with van der Waals surface area (Å²) in [5.74, 6) is 0.933. The summed E-state index contributed by atoms with van der Waals surface area (Å²) >= 11 is 2.80. The zero-order valence-electron chi connectivity index (χ0n) is 11.9. The van der Waals surface area contributed by atoms with Crippen LogP contribution in [0.1, 0.15) is 16.1 Å². The summed E-state index contributed by atoms with van der Waals surface area (Å²) < 4.78 is 4.95. The first kappa shape index (κ1) is 16.4. The summed E-state index contributed by atoms with van der Waals surface area (Å²) in [5, 5.41) is 20.4. The molecule has 1 N–H and O–H groups in total. The number of rotatable bonds is 7. The quantitative estimate of drug-likeness (QED) is 0.836. The molecule has 0 fully saturated rings. The molecule has 1 heterocycles. The molecule has 0 aliphatic heterocycles. The molecule has 8 heteroatoms. The van der Waals surface area contributed by atoms with E-state index in [1.54, 1.807) is 19.2 Å². The van der Waals surface area contributed by atoms with E-state index in [0.29, 0.717) is 28.8 Å². The maximum Gasteiger partial charge on any atom is 0.236 e. The SMILES string of the molecule is COCc1nnc(NC(=O)CSCc2ccc(C#N)cc2)s1. The fourth-order valence-electron chi connectivity index (χ4n) is 1.58. The van der Waals surface area contributed by atoms with Gasteiger partial charge in [0.25, 0.3) is 0 Å². The van der Waals surface area contributed by atoms with Gasteiger partial charge in [-0.1, -0.05) is 23.5 Å². The number of methoxy groups -OCH3 is 1. The molecule has 2 rings (SSSR count). The third kappa shape index (κ3) is 5.11. The molecule has 1 aromatic heterocycles. The number of benzene rings is 1. The lowest BCUT2D eigenvalue weighted by Crippen LogP contribution is -2.13. The van der Waals surface area contributed by atoms with Gasteiger partial charge < -0.3 is 4.74 Å². The Morgan fingerprint density at radius 1 is 1.41 bits per heavy atom. The van der Waals surface area contributed by atoms with Gasteiger partial charge in [-0.2, -0.15) is 5.26 Å². The molecule has 0 aliphatic rings. The second-order valence-corrected chi connectivity index (χ2v) is 6.33. The number of aromatic nitrogens is 2. The lowest BCUT2D eigenvalue weighted by molar-refractivity contribution is -0.113. The largest absolute Gasteiger partial charge is 0.377 e. The van der Waals surface area contributed by atoms with Crippen molar-refractivity contribution in [3.8, 4) is 6.07 Å². The van der Waals surface area contributed by atoms with Crippen LogP contribution in [-0.2, 0) is 21.9 Å². The van der Waals surface area contributed by atoms with E-state index in [4.69, 9.17) is 10.00 Å². The van der Waals surface area contributed by atoms with E-state index in [-0.39, 0.29) is 5.91 Å². The molecule has 0 atom stereocenters. The summed E-state index contributed by atoms with van der Waals surface area (Å²) in [6.45, 7) is 0.390. The van der Waals surface area contributed by atoms with Crippen LogP contribution in [0.4, 0.5) is 5.13 Å². The summed E-state index contributed by atoms with van der Waals surface area (Å²) in [4.78, 5) is 11.8.